The molecule has 0 aromatic carbocycles. The molecule has 1 heterocycles. The Bertz CT molecular complexity index is 384. The van der Waals surface area contributed by atoms with E-state index in [0.29, 0.717) is 6.42 Å². The van der Waals surface area contributed by atoms with Crippen LogP contribution in [0.1, 0.15) is 24.1 Å². The van der Waals surface area contributed by atoms with Crippen LogP contribution < -0.4 is 0 Å². The van der Waals surface area contributed by atoms with E-state index in [0.717, 1.165) is 23.8 Å². The number of aryl methyl sites for hydroxylation is 1. The molecule has 0 saturated heterocycles. The fourth-order valence-corrected chi connectivity index (χ4v) is 1.83. The summed E-state index contributed by atoms with van der Waals surface area (Å²) in [6.07, 6.45) is 5.01. The van der Waals surface area contributed by atoms with Gasteiger partial charge in [0, 0.05) is 31.4 Å². The lowest BCUT2D eigenvalue weighted by molar-refractivity contribution is 0.310. The Labute approximate surface area is 90.1 Å². The minimum atomic E-state index is 0.460. The molecule has 4 nitrogen and oxygen atoms in total. The standard InChI is InChI=1S/C11H16N4/c1-14(10-3-4-10)8-11-9(5-6-12)7-15(2)13-11/h7,10H,3-5,8H2,1-2H3. The van der Waals surface area contributed by atoms with Gasteiger partial charge in [-0.3, -0.25) is 9.58 Å². The first-order chi connectivity index (χ1) is 7.20. The Morgan fingerprint density at radius 3 is 3.00 bits per heavy atom. The van der Waals surface area contributed by atoms with Crippen molar-refractivity contribution in [1.82, 2.24) is 14.7 Å². The van der Waals surface area contributed by atoms with E-state index in [1.807, 2.05) is 13.2 Å². The largest absolute Gasteiger partial charge is 0.298 e. The molecule has 0 spiro atoms. The van der Waals surface area contributed by atoms with Crippen molar-refractivity contribution < 1.29 is 0 Å². The number of aromatic nitrogens is 2. The van der Waals surface area contributed by atoms with Crippen LogP contribution in [0.2, 0.25) is 0 Å². The van der Waals surface area contributed by atoms with E-state index in [4.69, 9.17) is 5.26 Å². The van der Waals surface area contributed by atoms with Gasteiger partial charge in [-0.1, -0.05) is 0 Å². The first-order valence-electron chi connectivity index (χ1n) is 5.29. The molecule has 0 unspecified atom stereocenters. The van der Waals surface area contributed by atoms with E-state index in [1.165, 1.54) is 12.8 Å². The van der Waals surface area contributed by atoms with Gasteiger partial charge in [-0.05, 0) is 19.9 Å². The fraction of sp³-hybridized carbons (Fsp3) is 0.636. The topological polar surface area (TPSA) is 44.9 Å². The molecule has 80 valence electrons. The number of nitriles is 1. The summed E-state index contributed by atoms with van der Waals surface area (Å²) in [7, 11) is 4.03. The molecule has 4 heteroatoms. The van der Waals surface area contributed by atoms with Gasteiger partial charge in [-0.2, -0.15) is 10.4 Å². The molecule has 0 bridgehead atoms. The van der Waals surface area contributed by atoms with Gasteiger partial charge < -0.3 is 0 Å². The molecule has 1 aliphatic carbocycles. The van der Waals surface area contributed by atoms with Gasteiger partial charge in [-0.25, -0.2) is 0 Å². The van der Waals surface area contributed by atoms with Crippen molar-refractivity contribution in [2.75, 3.05) is 7.05 Å². The minimum Gasteiger partial charge on any atom is -0.298 e. The molecule has 1 saturated carbocycles. The first-order valence-corrected chi connectivity index (χ1v) is 5.29. The van der Waals surface area contributed by atoms with Crippen molar-refractivity contribution in [1.29, 1.82) is 5.26 Å². The predicted molar refractivity (Wildman–Crippen MR) is 57.0 cm³/mol. The highest BCUT2D eigenvalue weighted by molar-refractivity contribution is 5.20. The summed E-state index contributed by atoms with van der Waals surface area (Å²) in [4.78, 5) is 2.32. The predicted octanol–water partition coefficient (Wildman–Crippen LogP) is 1.08. The number of rotatable bonds is 4. The van der Waals surface area contributed by atoms with Gasteiger partial charge in [0.15, 0.2) is 0 Å². The van der Waals surface area contributed by atoms with Crippen molar-refractivity contribution in [3.63, 3.8) is 0 Å². The van der Waals surface area contributed by atoms with E-state index in [9.17, 15) is 0 Å². The summed E-state index contributed by atoms with van der Waals surface area (Å²) >= 11 is 0. The van der Waals surface area contributed by atoms with E-state index in [1.54, 1.807) is 4.68 Å². The Morgan fingerprint density at radius 1 is 1.67 bits per heavy atom. The van der Waals surface area contributed by atoms with Gasteiger partial charge in [-0.15, -0.1) is 0 Å². The van der Waals surface area contributed by atoms with Crippen LogP contribution in [-0.4, -0.2) is 27.8 Å². The SMILES string of the molecule is CN(Cc1nn(C)cc1CC#N)C1CC1. The van der Waals surface area contributed by atoms with Crippen LogP contribution >= 0.6 is 0 Å². The summed E-state index contributed by atoms with van der Waals surface area (Å²) in [5.74, 6) is 0. The maximum Gasteiger partial charge on any atom is 0.0807 e. The van der Waals surface area contributed by atoms with E-state index in [-0.39, 0.29) is 0 Å². The van der Waals surface area contributed by atoms with Crippen LogP contribution in [0.15, 0.2) is 6.20 Å². The van der Waals surface area contributed by atoms with Crippen LogP contribution in [0.5, 0.6) is 0 Å². The van der Waals surface area contributed by atoms with Crippen LogP contribution in [0.3, 0.4) is 0 Å². The average molecular weight is 204 g/mol. The second-order valence-electron chi connectivity index (χ2n) is 4.26. The molecular weight excluding hydrogens is 188 g/mol. The Kier molecular flexibility index (Phi) is 2.74. The highest BCUT2D eigenvalue weighted by Crippen LogP contribution is 2.26. The Balaban J connectivity index is 2.08. The molecule has 1 aromatic heterocycles. The van der Waals surface area contributed by atoms with Crippen LogP contribution in [-0.2, 0) is 20.0 Å². The summed E-state index contributed by atoms with van der Waals surface area (Å²) in [6, 6.07) is 2.92. The van der Waals surface area contributed by atoms with Crippen molar-refractivity contribution in [2.45, 2.75) is 31.8 Å². The van der Waals surface area contributed by atoms with Crippen LogP contribution in [0.4, 0.5) is 0 Å². The van der Waals surface area contributed by atoms with E-state index in [2.05, 4.69) is 23.1 Å². The summed E-state index contributed by atoms with van der Waals surface area (Å²) in [5, 5.41) is 13.1. The molecule has 1 aliphatic rings. The first kappa shape index (κ1) is 10.2. The van der Waals surface area contributed by atoms with Crippen molar-refractivity contribution in [2.24, 2.45) is 7.05 Å². The fourth-order valence-electron chi connectivity index (χ4n) is 1.83. The zero-order chi connectivity index (χ0) is 10.8. The van der Waals surface area contributed by atoms with Gasteiger partial charge in [0.25, 0.3) is 0 Å². The molecule has 0 N–H and O–H groups in total. The van der Waals surface area contributed by atoms with Gasteiger partial charge in [0.2, 0.25) is 0 Å². The normalized spacial score (nSPS) is 15.6. The number of hydrogen-bond donors (Lipinski definition) is 0. The Morgan fingerprint density at radius 2 is 2.40 bits per heavy atom. The van der Waals surface area contributed by atoms with Crippen molar-refractivity contribution in [3.05, 3.63) is 17.5 Å². The summed E-state index contributed by atoms with van der Waals surface area (Å²) < 4.78 is 1.79. The van der Waals surface area contributed by atoms with Gasteiger partial charge in [0.1, 0.15) is 0 Å². The van der Waals surface area contributed by atoms with E-state index >= 15 is 0 Å². The third-order valence-electron chi connectivity index (χ3n) is 2.83. The molecule has 0 amide bonds. The number of nitrogens with zero attached hydrogens (tertiary/aromatic N) is 4. The lowest BCUT2D eigenvalue weighted by Crippen LogP contribution is -2.21. The maximum atomic E-state index is 8.71. The Hall–Kier alpha value is -1.34. The highest BCUT2D eigenvalue weighted by atomic mass is 15.3. The second-order valence-corrected chi connectivity index (χ2v) is 4.26. The highest BCUT2D eigenvalue weighted by Gasteiger charge is 2.26. The van der Waals surface area contributed by atoms with Crippen molar-refractivity contribution >= 4 is 0 Å². The van der Waals surface area contributed by atoms with Crippen molar-refractivity contribution in [3.8, 4) is 6.07 Å². The summed E-state index contributed by atoms with van der Waals surface area (Å²) in [6.45, 7) is 0.864. The second kappa shape index (κ2) is 4.03. The molecule has 0 aliphatic heterocycles. The average Bonchev–Trinajstić information content (AvgIpc) is 2.95. The molecule has 0 radical (unpaired) electrons. The van der Waals surface area contributed by atoms with Gasteiger partial charge >= 0.3 is 0 Å². The lowest BCUT2D eigenvalue weighted by atomic mass is 10.2. The number of hydrogen-bond acceptors (Lipinski definition) is 3. The third-order valence-corrected chi connectivity index (χ3v) is 2.83. The molecular formula is C11H16N4. The van der Waals surface area contributed by atoms with Gasteiger partial charge in [0.05, 0.1) is 18.2 Å². The molecule has 15 heavy (non-hydrogen) atoms. The summed E-state index contributed by atoms with van der Waals surface area (Å²) in [5.41, 5.74) is 2.11. The van der Waals surface area contributed by atoms with E-state index < -0.39 is 0 Å². The minimum absolute atomic E-state index is 0.460. The molecule has 1 fully saturated rings. The van der Waals surface area contributed by atoms with Crippen LogP contribution in [0, 0.1) is 11.3 Å². The quantitative estimate of drug-likeness (QED) is 0.737. The zero-order valence-electron chi connectivity index (χ0n) is 9.27. The molecule has 1 aromatic rings. The van der Waals surface area contributed by atoms with Crippen LogP contribution in [0.25, 0.3) is 0 Å². The lowest BCUT2D eigenvalue weighted by Gasteiger charge is -2.14. The smallest absolute Gasteiger partial charge is 0.0807 e. The monoisotopic (exact) mass is 204 g/mol. The maximum absolute atomic E-state index is 8.71. The zero-order valence-corrected chi connectivity index (χ0v) is 9.27. The third kappa shape index (κ3) is 2.37. The molecule has 2 rings (SSSR count). The molecule has 0 atom stereocenters.